The van der Waals surface area contributed by atoms with Crippen LogP contribution >= 0.6 is 0 Å². The molecule has 1 aromatic carbocycles. The summed E-state index contributed by atoms with van der Waals surface area (Å²) in [5.41, 5.74) is -0.560. The standard InChI is InChI=1S/C19H21F4N3O/c1-10(2)12-5-4-6-14(20)13(12)9-26(11-7-8-11)19(27)15-16(17(21)22)24-25(3)18(15)23/h4-6,10-11,17H,7-9H2,1-3H3. The zero-order valence-corrected chi connectivity index (χ0v) is 15.3. The minimum Gasteiger partial charge on any atom is -0.331 e. The Morgan fingerprint density at radius 3 is 2.52 bits per heavy atom. The second-order valence-electron chi connectivity index (χ2n) is 7.10. The molecule has 3 rings (SSSR count). The Morgan fingerprint density at radius 2 is 1.96 bits per heavy atom. The zero-order valence-electron chi connectivity index (χ0n) is 15.3. The van der Waals surface area contributed by atoms with E-state index in [0.717, 1.165) is 12.6 Å². The molecule has 0 aliphatic heterocycles. The monoisotopic (exact) mass is 383 g/mol. The number of carbonyl (C=O) groups excluding carboxylic acids is 1. The van der Waals surface area contributed by atoms with E-state index in [1.54, 1.807) is 12.1 Å². The second-order valence-corrected chi connectivity index (χ2v) is 7.10. The number of halogens is 4. The van der Waals surface area contributed by atoms with Crippen LogP contribution in [-0.4, -0.2) is 26.6 Å². The highest BCUT2D eigenvalue weighted by Gasteiger charge is 2.38. The Hall–Kier alpha value is -2.38. The molecular weight excluding hydrogens is 362 g/mol. The minimum atomic E-state index is -3.08. The van der Waals surface area contributed by atoms with Crippen molar-refractivity contribution in [3.05, 3.63) is 52.3 Å². The van der Waals surface area contributed by atoms with Gasteiger partial charge in [0.05, 0.1) is 0 Å². The Labute approximate surface area is 154 Å². The van der Waals surface area contributed by atoms with Crippen molar-refractivity contribution in [2.24, 2.45) is 7.05 Å². The first-order chi connectivity index (χ1) is 12.7. The molecule has 2 aromatic rings. The van der Waals surface area contributed by atoms with Crippen molar-refractivity contribution in [1.82, 2.24) is 14.7 Å². The van der Waals surface area contributed by atoms with Gasteiger partial charge in [-0.25, -0.2) is 17.9 Å². The molecule has 1 aromatic heterocycles. The van der Waals surface area contributed by atoms with E-state index in [4.69, 9.17) is 0 Å². The lowest BCUT2D eigenvalue weighted by atomic mass is 9.96. The van der Waals surface area contributed by atoms with Gasteiger partial charge in [-0.2, -0.15) is 9.49 Å². The number of amides is 1. The number of aromatic nitrogens is 2. The fraction of sp³-hybridized carbons (Fsp3) is 0.474. The Bertz CT molecular complexity index is 859. The Balaban J connectivity index is 2.01. The van der Waals surface area contributed by atoms with Crippen molar-refractivity contribution in [3.63, 3.8) is 0 Å². The highest BCUT2D eigenvalue weighted by atomic mass is 19.3. The van der Waals surface area contributed by atoms with E-state index in [9.17, 15) is 22.4 Å². The van der Waals surface area contributed by atoms with E-state index in [2.05, 4.69) is 5.10 Å². The molecule has 0 atom stereocenters. The van der Waals surface area contributed by atoms with Gasteiger partial charge in [0, 0.05) is 25.2 Å². The van der Waals surface area contributed by atoms with Crippen molar-refractivity contribution in [3.8, 4) is 0 Å². The third-order valence-corrected chi connectivity index (χ3v) is 4.78. The maximum Gasteiger partial charge on any atom is 0.283 e. The van der Waals surface area contributed by atoms with Crippen molar-refractivity contribution in [2.75, 3.05) is 0 Å². The van der Waals surface area contributed by atoms with Crippen LogP contribution in [0.1, 0.15) is 66.2 Å². The molecule has 0 radical (unpaired) electrons. The molecule has 0 N–H and O–H groups in total. The Morgan fingerprint density at radius 1 is 1.30 bits per heavy atom. The number of hydrogen-bond acceptors (Lipinski definition) is 2. The van der Waals surface area contributed by atoms with Gasteiger partial charge in [-0.05, 0) is 30.4 Å². The van der Waals surface area contributed by atoms with Crippen LogP contribution in [0.25, 0.3) is 0 Å². The van der Waals surface area contributed by atoms with Gasteiger partial charge >= 0.3 is 0 Å². The molecule has 1 fully saturated rings. The average Bonchev–Trinajstić information content (AvgIpc) is 3.39. The van der Waals surface area contributed by atoms with Crippen LogP contribution in [0.3, 0.4) is 0 Å². The molecule has 1 saturated carbocycles. The predicted octanol–water partition coefficient (Wildman–Crippen LogP) is 4.56. The second kappa shape index (κ2) is 7.32. The molecular formula is C19H21F4N3O. The van der Waals surface area contributed by atoms with E-state index in [-0.39, 0.29) is 18.5 Å². The van der Waals surface area contributed by atoms with Crippen molar-refractivity contribution < 1.29 is 22.4 Å². The molecule has 8 heteroatoms. The van der Waals surface area contributed by atoms with Gasteiger partial charge in [0.2, 0.25) is 5.95 Å². The molecule has 27 heavy (non-hydrogen) atoms. The van der Waals surface area contributed by atoms with Crippen molar-refractivity contribution in [2.45, 2.75) is 51.6 Å². The minimum absolute atomic E-state index is 0.0126. The number of benzene rings is 1. The van der Waals surface area contributed by atoms with Gasteiger partial charge in [0.25, 0.3) is 12.3 Å². The number of aryl methyl sites for hydroxylation is 1. The molecule has 1 aliphatic carbocycles. The summed E-state index contributed by atoms with van der Waals surface area (Å²) in [7, 11) is 1.16. The molecule has 1 heterocycles. The van der Waals surface area contributed by atoms with Crippen LogP contribution in [0.15, 0.2) is 18.2 Å². The lowest BCUT2D eigenvalue weighted by molar-refractivity contribution is 0.0710. The topological polar surface area (TPSA) is 38.1 Å². The van der Waals surface area contributed by atoms with Crippen LogP contribution in [0.2, 0.25) is 0 Å². The van der Waals surface area contributed by atoms with E-state index in [1.807, 2.05) is 13.8 Å². The van der Waals surface area contributed by atoms with E-state index < -0.39 is 35.4 Å². The normalized spacial score (nSPS) is 14.3. The maximum atomic E-state index is 14.5. The van der Waals surface area contributed by atoms with E-state index in [1.165, 1.54) is 11.0 Å². The van der Waals surface area contributed by atoms with Crippen LogP contribution in [0, 0.1) is 11.8 Å². The summed E-state index contributed by atoms with van der Waals surface area (Å²) >= 11 is 0. The highest BCUT2D eigenvalue weighted by Crippen LogP contribution is 2.34. The summed E-state index contributed by atoms with van der Waals surface area (Å²) in [6, 6.07) is 4.44. The summed E-state index contributed by atoms with van der Waals surface area (Å²) in [5.74, 6) is -2.45. The summed E-state index contributed by atoms with van der Waals surface area (Å²) in [6.07, 6.45) is -1.74. The molecule has 146 valence electrons. The van der Waals surface area contributed by atoms with Gasteiger partial charge in [-0.1, -0.05) is 26.0 Å². The van der Waals surface area contributed by atoms with Crippen LogP contribution < -0.4 is 0 Å². The number of hydrogen-bond donors (Lipinski definition) is 0. The first-order valence-electron chi connectivity index (χ1n) is 8.81. The number of rotatable bonds is 6. The first kappa shape index (κ1) is 19.4. The SMILES string of the molecule is CC(C)c1cccc(F)c1CN(C(=O)c1c(C(F)F)nn(C)c1F)C1CC1. The van der Waals surface area contributed by atoms with Crippen LogP contribution in [0.4, 0.5) is 17.6 Å². The van der Waals surface area contributed by atoms with Gasteiger partial charge in [-0.15, -0.1) is 0 Å². The molecule has 0 saturated heterocycles. The molecule has 0 spiro atoms. The van der Waals surface area contributed by atoms with Gasteiger partial charge in [0.1, 0.15) is 17.1 Å². The fourth-order valence-corrected chi connectivity index (χ4v) is 3.22. The van der Waals surface area contributed by atoms with Gasteiger partial charge in [-0.3, -0.25) is 4.79 Å². The molecule has 4 nitrogen and oxygen atoms in total. The average molecular weight is 383 g/mol. The molecule has 1 aliphatic rings. The number of carbonyl (C=O) groups is 1. The number of nitrogens with zero attached hydrogens (tertiary/aromatic N) is 3. The predicted molar refractivity (Wildman–Crippen MR) is 91.5 cm³/mol. The molecule has 0 unspecified atom stereocenters. The van der Waals surface area contributed by atoms with Gasteiger partial charge < -0.3 is 4.90 Å². The zero-order chi connectivity index (χ0) is 19.9. The fourth-order valence-electron chi connectivity index (χ4n) is 3.22. The Kier molecular flexibility index (Phi) is 5.26. The smallest absolute Gasteiger partial charge is 0.283 e. The maximum absolute atomic E-state index is 14.5. The van der Waals surface area contributed by atoms with Crippen LogP contribution in [-0.2, 0) is 13.6 Å². The van der Waals surface area contributed by atoms with Crippen molar-refractivity contribution in [1.29, 1.82) is 0 Å². The number of alkyl halides is 2. The third kappa shape index (κ3) is 3.70. The largest absolute Gasteiger partial charge is 0.331 e. The quantitative estimate of drug-likeness (QED) is 0.686. The molecule has 0 bridgehead atoms. The third-order valence-electron chi connectivity index (χ3n) is 4.78. The summed E-state index contributed by atoms with van der Waals surface area (Å²) < 4.78 is 55.9. The van der Waals surface area contributed by atoms with E-state index in [0.29, 0.717) is 23.1 Å². The summed E-state index contributed by atoms with van der Waals surface area (Å²) in [6.45, 7) is 3.70. The summed E-state index contributed by atoms with van der Waals surface area (Å²) in [4.78, 5) is 14.2. The summed E-state index contributed by atoms with van der Waals surface area (Å²) in [5, 5.41) is 3.43. The first-order valence-corrected chi connectivity index (χ1v) is 8.81. The molecule has 1 amide bonds. The van der Waals surface area contributed by atoms with Crippen LogP contribution in [0.5, 0.6) is 0 Å². The van der Waals surface area contributed by atoms with Crippen molar-refractivity contribution >= 4 is 5.91 Å². The lowest BCUT2D eigenvalue weighted by Crippen LogP contribution is -2.34. The highest BCUT2D eigenvalue weighted by molar-refractivity contribution is 5.96. The van der Waals surface area contributed by atoms with Gasteiger partial charge in [0.15, 0.2) is 0 Å². The lowest BCUT2D eigenvalue weighted by Gasteiger charge is -2.25. The van der Waals surface area contributed by atoms with E-state index >= 15 is 0 Å².